The molecule has 30 heavy (non-hydrogen) atoms. The molecule has 160 valence electrons. The van der Waals surface area contributed by atoms with Crippen molar-refractivity contribution in [1.82, 2.24) is 4.31 Å². The zero-order chi connectivity index (χ0) is 21.7. The Morgan fingerprint density at radius 2 is 1.80 bits per heavy atom. The number of halogens is 1. The van der Waals surface area contributed by atoms with Gasteiger partial charge in [0.25, 0.3) is 5.91 Å². The summed E-state index contributed by atoms with van der Waals surface area (Å²) < 4.78 is 37.2. The molecule has 0 spiro atoms. The molecule has 2 aromatic rings. The molecule has 0 aliphatic carbocycles. The highest BCUT2D eigenvalue weighted by Crippen LogP contribution is 2.24. The van der Waals surface area contributed by atoms with E-state index < -0.39 is 15.9 Å². The van der Waals surface area contributed by atoms with Crippen molar-refractivity contribution < 1.29 is 27.5 Å². The van der Waals surface area contributed by atoms with Gasteiger partial charge in [0, 0.05) is 23.8 Å². The van der Waals surface area contributed by atoms with Crippen LogP contribution in [0.5, 0.6) is 5.75 Å². The van der Waals surface area contributed by atoms with Gasteiger partial charge < -0.3 is 14.8 Å². The fourth-order valence-electron chi connectivity index (χ4n) is 2.89. The molecule has 10 heteroatoms. The SMILES string of the molecule is CC(=O)c1cc(Cl)ccc1OCC(=O)Nc1ccc(S(=O)(=O)N2CCOCC2)cc1. The molecular formula is C20H21ClN2O6S. The Labute approximate surface area is 179 Å². The second-order valence-electron chi connectivity index (χ2n) is 6.57. The second kappa shape index (κ2) is 9.57. The maximum absolute atomic E-state index is 12.6. The number of hydrogen-bond donors (Lipinski definition) is 1. The number of carbonyl (C=O) groups excluding carboxylic acids is 2. The Morgan fingerprint density at radius 1 is 1.13 bits per heavy atom. The minimum absolute atomic E-state index is 0.144. The molecule has 0 saturated carbocycles. The number of rotatable bonds is 7. The molecule has 1 N–H and O–H groups in total. The van der Waals surface area contributed by atoms with E-state index in [0.717, 1.165) is 0 Å². The molecule has 1 heterocycles. The van der Waals surface area contributed by atoms with E-state index in [1.165, 1.54) is 47.6 Å². The Hall–Kier alpha value is -2.46. The van der Waals surface area contributed by atoms with Crippen LogP contribution in [0.15, 0.2) is 47.4 Å². The molecule has 8 nitrogen and oxygen atoms in total. The van der Waals surface area contributed by atoms with Crippen molar-refractivity contribution >= 4 is 39.0 Å². The highest BCUT2D eigenvalue weighted by Gasteiger charge is 2.26. The first-order valence-electron chi connectivity index (χ1n) is 9.18. The Morgan fingerprint density at radius 3 is 2.43 bits per heavy atom. The molecule has 1 aliphatic heterocycles. The highest BCUT2D eigenvalue weighted by atomic mass is 35.5. The third-order valence-corrected chi connectivity index (χ3v) is 6.57. The standard InChI is InChI=1S/C20H21ClN2O6S/c1-14(24)18-12-15(21)2-7-19(18)29-13-20(25)22-16-3-5-17(6-4-16)30(26,27)23-8-10-28-11-9-23/h2-7,12H,8-11,13H2,1H3,(H,22,25). The monoisotopic (exact) mass is 452 g/mol. The maximum Gasteiger partial charge on any atom is 0.262 e. The van der Waals surface area contributed by atoms with E-state index in [-0.39, 0.29) is 28.6 Å². The van der Waals surface area contributed by atoms with Gasteiger partial charge in [-0.3, -0.25) is 9.59 Å². The van der Waals surface area contributed by atoms with Crippen molar-refractivity contribution in [2.75, 3.05) is 38.2 Å². The van der Waals surface area contributed by atoms with Crippen LogP contribution < -0.4 is 10.1 Å². The van der Waals surface area contributed by atoms with Crippen molar-refractivity contribution in [3.8, 4) is 5.75 Å². The number of sulfonamides is 1. The molecule has 2 aromatic carbocycles. The molecule has 0 bridgehead atoms. The maximum atomic E-state index is 12.6. The molecular weight excluding hydrogens is 432 g/mol. The van der Waals surface area contributed by atoms with Crippen molar-refractivity contribution in [2.24, 2.45) is 0 Å². The number of anilines is 1. The van der Waals surface area contributed by atoms with E-state index in [1.807, 2.05) is 0 Å². The summed E-state index contributed by atoms with van der Waals surface area (Å²) in [5.74, 6) is -0.429. The minimum atomic E-state index is -3.60. The fraction of sp³-hybridized carbons (Fsp3) is 0.300. The van der Waals surface area contributed by atoms with E-state index in [1.54, 1.807) is 6.07 Å². The number of benzene rings is 2. The van der Waals surface area contributed by atoms with Gasteiger partial charge in [-0.25, -0.2) is 8.42 Å². The molecule has 0 unspecified atom stereocenters. The van der Waals surface area contributed by atoms with Crippen LogP contribution >= 0.6 is 11.6 Å². The number of ether oxygens (including phenoxy) is 2. The van der Waals surface area contributed by atoms with Crippen molar-refractivity contribution in [2.45, 2.75) is 11.8 Å². The number of nitrogens with one attached hydrogen (secondary N) is 1. The van der Waals surface area contributed by atoms with Gasteiger partial charge in [-0.05, 0) is 49.4 Å². The molecule has 0 radical (unpaired) electrons. The normalized spacial score (nSPS) is 14.9. The van der Waals surface area contributed by atoms with E-state index in [9.17, 15) is 18.0 Å². The van der Waals surface area contributed by atoms with Crippen LogP contribution in [0.4, 0.5) is 5.69 Å². The molecule has 1 saturated heterocycles. The van der Waals surface area contributed by atoms with E-state index in [2.05, 4.69) is 5.32 Å². The number of hydrogen-bond acceptors (Lipinski definition) is 6. The van der Waals surface area contributed by atoms with Gasteiger partial charge >= 0.3 is 0 Å². The lowest BCUT2D eigenvalue weighted by atomic mass is 10.1. The van der Waals surface area contributed by atoms with Crippen LogP contribution in [-0.2, 0) is 19.6 Å². The van der Waals surface area contributed by atoms with Gasteiger partial charge in [-0.15, -0.1) is 0 Å². The van der Waals surface area contributed by atoms with Crippen LogP contribution in [0.25, 0.3) is 0 Å². The molecule has 1 fully saturated rings. The van der Waals surface area contributed by atoms with E-state index >= 15 is 0 Å². The van der Waals surface area contributed by atoms with Gasteiger partial charge in [-0.2, -0.15) is 4.31 Å². The molecule has 1 aliphatic rings. The Bertz CT molecular complexity index is 1030. The first-order chi connectivity index (χ1) is 14.3. The Balaban J connectivity index is 1.61. The largest absolute Gasteiger partial charge is 0.483 e. The summed E-state index contributed by atoms with van der Waals surface area (Å²) in [6, 6.07) is 10.5. The lowest BCUT2D eigenvalue weighted by Gasteiger charge is -2.26. The lowest BCUT2D eigenvalue weighted by molar-refractivity contribution is -0.118. The molecule has 1 amide bonds. The van der Waals surface area contributed by atoms with Crippen molar-refractivity contribution in [3.05, 3.63) is 53.1 Å². The van der Waals surface area contributed by atoms with E-state index in [0.29, 0.717) is 37.0 Å². The smallest absolute Gasteiger partial charge is 0.262 e. The van der Waals surface area contributed by atoms with Crippen molar-refractivity contribution in [1.29, 1.82) is 0 Å². The summed E-state index contributed by atoms with van der Waals surface area (Å²) in [6.45, 7) is 2.41. The third-order valence-electron chi connectivity index (χ3n) is 4.43. The number of morpholine rings is 1. The predicted octanol–water partition coefficient (Wildman–Crippen LogP) is 2.58. The Kier molecular flexibility index (Phi) is 7.09. The summed E-state index contributed by atoms with van der Waals surface area (Å²) in [6.07, 6.45) is 0. The topological polar surface area (TPSA) is 102 Å². The van der Waals surface area contributed by atoms with Crippen LogP contribution in [-0.4, -0.2) is 57.3 Å². The molecule has 0 atom stereocenters. The number of amides is 1. The van der Waals surface area contributed by atoms with Gasteiger partial charge in [0.2, 0.25) is 10.0 Å². The third kappa shape index (κ3) is 5.37. The quantitative estimate of drug-likeness (QED) is 0.648. The van der Waals surface area contributed by atoms with Crippen LogP contribution in [0.2, 0.25) is 5.02 Å². The van der Waals surface area contributed by atoms with Gasteiger partial charge in [0.1, 0.15) is 5.75 Å². The summed E-state index contributed by atoms with van der Waals surface area (Å²) in [4.78, 5) is 24.0. The van der Waals surface area contributed by atoms with Crippen molar-refractivity contribution in [3.63, 3.8) is 0 Å². The van der Waals surface area contributed by atoms with Crippen LogP contribution in [0, 0.1) is 0 Å². The van der Waals surface area contributed by atoms with Crippen LogP contribution in [0.1, 0.15) is 17.3 Å². The number of ketones is 1. The number of Topliss-reactive ketones (excluding diaryl/α,β-unsaturated/α-hetero) is 1. The first kappa shape index (κ1) is 22.2. The zero-order valence-corrected chi connectivity index (χ0v) is 17.8. The first-order valence-corrected chi connectivity index (χ1v) is 11.0. The molecule has 3 rings (SSSR count). The average molecular weight is 453 g/mol. The summed E-state index contributed by atoms with van der Waals surface area (Å²) in [5.41, 5.74) is 0.709. The minimum Gasteiger partial charge on any atom is -0.483 e. The van der Waals surface area contributed by atoms with Crippen LogP contribution in [0.3, 0.4) is 0 Å². The summed E-state index contributed by atoms with van der Waals surface area (Å²) in [7, 11) is -3.60. The predicted molar refractivity (Wildman–Crippen MR) is 112 cm³/mol. The fourth-order valence-corrected chi connectivity index (χ4v) is 4.47. The number of nitrogens with zero attached hydrogens (tertiary/aromatic N) is 1. The summed E-state index contributed by atoms with van der Waals surface area (Å²) in [5, 5.41) is 3.02. The second-order valence-corrected chi connectivity index (χ2v) is 8.95. The number of carbonyl (C=O) groups is 2. The van der Waals surface area contributed by atoms with Gasteiger partial charge in [0.05, 0.1) is 23.7 Å². The van der Waals surface area contributed by atoms with E-state index in [4.69, 9.17) is 21.1 Å². The highest BCUT2D eigenvalue weighted by molar-refractivity contribution is 7.89. The average Bonchev–Trinajstić information content (AvgIpc) is 2.73. The summed E-state index contributed by atoms with van der Waals surface area (Å²) >= 11 is 5.89. The van der Waals surface area contributed by atoms with Gasteiger partial charge in [-0.1, -0.05) is 11.6 Å². The zero-order valence-electron chi connectivity index (χ0n) is 16.3. The lowest BCUT2D eigenvalue weighted by Crippen LogP contribution is -2.40. The van der Waals surface area contributed by atoms with Gasteiger partial charge in [0.15, 0.2) is 12.4 Å². The molecule has 0 aromatic heterocycles.